The summed E-state index contributed by atoms with van der Waals surface area (Å²) in [4.78, 5) is 15.1. The lowest BCUT2D eigenvalue weighted by Crippen LogP contribution is -2.54. The lowest BCUT2D eigenvalue weighted by Gasteiger charge is -2.42. The maximum absolute atomic E-state index is 13.5. The Morgan fingerprint density at radius 1 is 1.15 bits per heavy atom. The number of methoxy groups -OCH3 is 2. The average molecular weight is 458 g/mol. The monoisotopic (exact) mass is 457 g/mol. The molecule has 2 aromatic rings. The number of benzene rings is 2. The minimum atomic E-state index is -0.336. The number of carbonyl (C=O) groups is 1. The SMILES string of the molecule is CC[C@H](NC(=O)NC(C)(C)C)[C@@H]1c2cc(OC)c(OC)cc2CCN1Cc1ccc(F)cc1. The van der Waals surface area contributed by atoms with E-state index in [1.54, 1.807) is 14.2 Å². The Balaban J connectivity index is 1.99. The van der Waals surface area contributed by atoms with Crippen molar-refractivity contribution in [3.05, 3.63) is 58.9 Å². The molecule has 0 fully saturated rings. The lowest BCUT2D eigenvalue weighted by molar-refractivity contribution is 0.134. The zero-order valence-corrected chi connectivity index (χ0v) is 20.5. The molecule has 1 aliphatic heterocycles. The highest BCUT2D eigenvalue weighted by molar-refractivity contribution is 5.75. The van der Waals surface area contributed by atoms with Gasteiger partial charge in [-0.25, -0.2) is 9.18 Å². The van der Waals surface area contributed by atoms with Crippen molar-refractivity contribution in [2.75, 3.05) is 20.8 Å². The fraction of sp³-hybridized carbons (Fsp3) is 0.500. The summed E-state index contributed by atoms with van der Waals surface area (Å²) in [5.74, 6) is 1.12. The zero-order chi connectivity index (χ0) is 24.2. The highest BCUT2D eigenvalue weighted by Gasteiger charge is 2.35. The summed E-state index contributed by atoms with van der Waals surface area (Å²) in [6.45, 7) is 9.42. The fourth-order valence-corrected chi connectivity index (χ4v) is 4.45. The summed E-state index contributed by atoms with van der Waals surface area (Å²) in [7, 11) is 3.27. The minimum absolute atomic E-state index is 0.0747. The number of hydrogen-bond donors (Lipinski definition) is 2. The number of halogens is 1. The molecule has 0 aromatic heterocycles. The first kappa shape index (κ1) is 24.8. The van der Waals surface area contributed by atoms with Gasteiger partial charge in [-0.15, -0.1) is 0 Å². The topological polar surface area (TPSA) is 62.8 Å². The van der Waals surface area contributed by atoms with Crippen LogP contribution in [-0.4, -0.2) is 43.3 Å². The molecule has 2 atom stereocenters. The molecule has 2 amide bonds. The summed E-state index contributed by atoms with van der Waals surface area (Å²) in [6.07, 6.45) is 1.59. The van der Waals surface area contributed by atoms with Crippen LogP contribution < -0.4 is 20.1 Å². The molecule has 0 radical (unpaired) electrons. The van der Waals surface area contributed by atoms with E-state index in [9.17, 15) is 9.18 Å². The number of fused-ring (bicyclic) bond motifs is 1. The van der Waals surface area contributed by atoms with Crippen LogP contribution in [0.4, 0.5) is 9.18 Å². The van der Waals surface area contributed by atoms with Crippen molar-refractivity contribution in [2.24, 2.45) is 0 Å². The number of ether oxygens (including phenoxy) is 2. The first-order valence-electron chi connectivity index (χ1n) is 11.5. The molecule has 0 spiro atoms. The third kappa shape index (κ3) is 6.16. The first-order chi connectivity index (χ1) is 15.6. The van der Waals surface area contributed by atoms with Crippen LogP contribution in [-0.2, 0) is 13.0 Å². The third-order valence-electron chi connectivity index (χ3n) is 5.95. The second-order valence-corrected chi connectivity index (χ2v) is 9.56. The van der Waals surface area contributed by atoms with E-state index in [0.29, 0.717) is 18.0 Å². The van der Waals surface area contributed by atoms with E-state index in [2.05, 4.69) is 22.5 Å². The van der Waals surface area contributed by atoms with Crippen LogP contribution in [0.5, 0.6) is 11.5 Å². The first-order valence-corrected chi connectivity index (χ1v) is 11.5. The molecule has 3 rings (SSSR count). The summed E-state index contributed by atoms with van der Waals surface area (Å²) in [5.41, 5.74) is 2.99. The van der Waals surface area contributed by atoms with Crippen molar-refractivity contribution >= 4 is 6.03 Å². The summed E-state index contributed by atoms with van der Waals surface area (Å²) in [6, 6.07) is 10.3. The third-order valence-corrected chi connectivity index (χ3v) is 5.95. The van der Waals surface area contributed by atoms with E-state index in [1.807, 2.05) is 45.0 Å². The number of urea groups is 1. The Morgan fingerprint density at radius 3 is 2.36 bits per heavy atom. The zero-order valence-electron chi connectivity index (χ0n) is 20.5. The molecule has 180 valence electrons. The Labute approximate surface area is 196 Å². The Morgan fingerprint density at radius 2 is 1.79 bits per heavy atom. The molecule has 6 nitrogen and oxygen atoms in total. The highest BCUT2D eigenvalue weighted by atomic mass is 19.1. The van der Waals surface area contributed by atoms with Gasteiger partial charge in [0.05, 0.1) is 26.3 Å². The molecule has 2 N–H and O–H groups in total. The molecular formula is C26H36FN3O3. The van der Waals surface area contributed by atoms with Crippen molar-refractivity contribution in [2.45, 2.75) is 64.7 Å². The van der Waals surface area contributed by atoms with Gasteiger partial charge in [-0.05, 0) is 74.6 Å². The molecular weight excluding hydrogens is 421 g/mol. The lowest BCUT2D eigenvalue weighted by atomic mass is 9.86. The largest absolute Gasteiger partial charge is 0.493 e. The van der Waals surface area contributed by atoms with Gasteiger partial charge in [0.1, 0.15) is 5.82 Å². The van der Waals surface area contributed by atoms with E-state index < -0.39 is 0 Å². The number of nitrogens with zero attached hydrogens (tertiary/aromatic N) is 1. The van der Waals surface area contributed by atoms with E-state index in [0.717, 1.165) is 30.5 Å². The predicted molar refractivity (Wildman–Crippen MR) is 128 cm³/mol. The molecule has 0 aliphatic carbocycles. The number of nitrogens with one attached hydrogen (secondary N) is 2. The van der Waals surface area contributed by atoms with Crippen molar-refractivity contribution < 1.29 is 18.7 Å². The molecule has 0 unspecified atom stereocenters. The van der Waals surface area contributed by atoms with Crippen LogP contribution in [0, 0.1) is 5.82 Å². The number of hydrogen-bond acceptors (Lipinski definition) is 4. The Bertz CT molecular complexity index is 956. The van der Waals surface area contributed by atoms with Crippen LogP contribution in [0.15, 0.2) is 36.4 Å². The van der Waals surface area contributed by atoms with Crippen LogP contribution >= 0.6 is 0 Å². The standard InChI is InChI=1S/C26H36FN3O3/c1-7-21(28-25(31)29-26(2,3)4)24-20-15-23(33-6)22(32-5)14-18(20)12-13-30(24)16-17-8-10-19(27)11-9-17/h8-11,14-15,21,24H,7,12-13,16H2,1-6H3,(H2,28,29,31)/t21-,24-/m0/s1. The van der Waals surface area contributed by atoms with Crippen molar-refractivity contribution in [1.29, 1.82) is 0 Å². The number of amides is 2. The molecule has 1 aliphatic rings. The van der Waals surface area contributed by atoms with Gasteiger partial charge in [0.15, 0.2) is 11.5 Å². The van der Waals surface area contributed by atoms with Crippen LogP contribution in [0.3, 0.4) is 0 Å². The molecule has 7 heteroatoms. The van der Waals surface area contributed by atoms with E-state index >= 15 is 0 Å². The molecule has 1 heterocycles. The van der Waals surface area contributed by atoms with Gasteiger partial charge in [-0.3, -0.25) is 4.90 Å². The van der Waals surface area contributed by atoms with Gasteiger partial charge in [-0.1, -0.05) is 19.1 Å². The maximum atomic E-state index is 13.5. The number of rotatable bonds is 7. The van der Waals surface area contributed by atoms with Gasteiger partial charge < -0.3 is 20.1 Å². The molecule has 0 saturated carbocycles. The summed E-state index contributed by atoms with van der Waals surface area (Å²) < 4.78 is 24.6. The summed E-state index contributed by atoms with van der Waals surface area (Å²) in [5, 5.41) is 6.20. The summed E-state index contributed by atoms with van der Waals surface area (Å²) >= 11 is 0. The molecule has 0 bridgehead atoms. The quantitative estimate of drug-likeness (QED) is 0.626. The van der Waals surface area contributed by atoms with Gasteiger partial charge in [-0.2, -0.15) is 0 Å². The molecule has 0 saturated heterocycles. The van der Waals surface area contributed by atoms with Crippen LogP contribution in [0.2, 0.25) is 0 Å². The second kappa shape index (κ2) is 10.4. The normalized spacial score (nSPS) is 17.1. The van der Waals surface area contributed by atoms with E-state index in [1.165, 1.54) is 17.7 Å². The Kier molecular flexibility index (Phi) is 7.84. The van der Waals surface area contributed by atoms with Gasteiger partial charge in [0, 0.05) is 18.6 Å². The highest BCUT2D eigenvalue weighted by Crippen LogP contribution is 2.40. The van der Waals surface area contributed by atoms with Crippen molar-refractivity contribution in [1.82, 2.24) is 15.5 Å². The molecule has 2 aromatic carbocycles. The van der Waals surface area contributed by atoms with Gasteiger partial charge in [0.25, 0.3) is 0 Å². The van der Waals surface area contributed by atoms with Crippen LogP contribution in [0.1, 0.15) is 56.8 Å². The van der Waals surface area contributed by atoms with Crippen molar-refractivity contribution in [3.63, 3.8) is 0 Å². The second-order valence-electron chi connectivity index (χ2n) is 9.56. The van der Waals surface area contributed by atoms with Crippen LogP contribution in [0.25, 0.3) is 0 Å². The smallest absolute Gasteiger partial charge is 0.315 e. The minimum Gasteiger partial charge on any atom is -0.493 e. The fourth-order valence-electron chi connectivity index (χ4n) is 4.45. The van der Waals surface area contributed by atoms with E-state index in [4.69, 9.17) is 9.47 Å². The number of carbonyl (C=O) groups excluding carboxylic acids is 1. The van der Waals surface area contributed by atoms with E-state index in [-0.39, 0.29) is 29.5 Å². The predicted octanol–water partition coefficient (Wildman–Crippen LogP) is 4.82. The van der Waals surface area contributed by atoms with Gasteiger partial charge in [0.2, 0.25) is 0 Å². The molecule has 33 heavy (non-hydrogen) atoms. The Hall–Kier alpha value is -2.80. The van der Waals surface area contributed by atoms with Crippen molar-refractivity contribution in [3.8, 4) is 11.5 Å². The van der Waals surface area contributed by atoms with Gasteiger partial charge >= 0.3 is 6.03 Å². The average Bonchev–Trinajstić information content (AvgIpc) is 2.77. The maximum Gasteiger partial charge on any atom is 0.315 e.